The molecule has 0 bridgehead atoms. The van der Waals surface area contributed by atoms with E-state index in [2.05, 4.69) is 0 Å². The van der Waals surface area contributed by atoms with E-state index in [-0.39, 0.29) is 37.5 Å². The molecule has 3 aromatic rings. The first-order valence-corrected chi connectivity index (χ1v) is 19.4. The fraction of sp³-hybridized carbons (Fsp3) is 0.417. The summed E-state index contributed by atoms with van der Waals surface area (Å²) in [7, 11) is -3.04. The van der Waals surface area contributed by atoms with Gasteiger partial charge in [0, 0.05) is 29.3 Å². The molecule has 47 heavy (non-hydrogen) atoms. The molecule has 0 saturated carbocycles. The maximum absolute atomic E-state index is 14.8. The third-order valence-corrected chi connectivity index (χ3v) is 13.0. The predicted molar refractivity (Wildman–Crippen MR) is 178 cm³/mol. The fourth-order valence-electron chi connectivity index (χ4n) is 8.32. The zero-order chi connectivity index (χ0) is 33.1. The lowest BCUT2D eigenvalue weighted by molar-refractivity contribution is -0.151. The van der Waals surface area contributed by atoms with Crippen LogP contribution in [0.5, 0.6) is 0 Å². The smallest absolute Gasteiger partial charge is 0.414 e. The summed E-state index contributed by atoms with van der Waals surface area (Å²) in [5.74, 6) is -0.907. The molecule has 7 rings (SSSR count). The van der Waals surface area contributed by atoms with Crippen molar-refractivity contribution in [1.82, 2.24) is 4.90 Å². The predicted octanol–water partition coefficient (Wildman–Crippen LogP) is 4.32. The van der Waals surface area contributed by atoms with Crippen LogP contribution in [-0.4, -0.2) is 72.9 Å². The van der Waals surface area contributed by atoms with E-state index in [0.29, 0.717) is 43.0 Å². The number of anilines is 2. The van der Waals surface area contributed by atoms with E-state index in [0.717, 1.165) is 16.7 Å². The van der Waals surface area contributed by atoms with Gasteiger partial charge >= 0.3 is 6.09 Å². The molecular formula is C36H41N3O7Si. The van der Waals surface area contributed by atoms with Crippen LogP contribution in [0.1, 0.15) is 35.6 Å². The van der Waals surface area contributed by atoms with Gasteiger partial charge in [0.15, 0.2) is 13.9 Å². The topological polar surface area (TPSA) is 120 Å². The van der Waals surface area contributed by atoms with Crippen molar-refractivity contribution in [2.24, 2.45) is 5.92 Å². The lowest BCUT2D eigenvalue weighted by Crippen LogP contribution is -2.48. The summed E-state index contributed by atoms with van der Waals surface area (Å²) in [6.07, 6.45) is -0.673. The Bertz CT molecular complexity index is 1710. The van der Waals surface area contributed by atoms with E-state index in [4.69, 9.17) is 9.47 Å². The number of cyclic esters (lactones) is 1. The third-order valence-electron chi connectivity index (χ3n) is 10.5. The molecule has 5 atom stereocenters. The average Bonchev–Trinajstić information content (AvgIpc) is 3.69. The van der Waals surface area contributed by atoms with Gasteiger partial charge in [0.05, 0.1) is 44.0 Å². The maximum atomic E-state index is 14.8. The highest BCUT2D eigenvalue weighted by atomic mass is 28.4. The molecular weight excluding hydrogens is 614 g/mol. The minimum absolute atomic E-state index is 0.0359. The Morgan fingerprint density at radius 2 is 1.74 bits per heavy atom. The molecule has 2 N–H and O–H groups in total. The van der Waals surface area contributed by atoms with Crippen LogP contribution in [0, 0.1) is 5.92 Å². The molecule has 4 aliphatic rings. The number of hydrogen-bond acceptors (Lipinski definition) is 7. The third kappa shape index (κ3) is 5.25. The maximum Gasteiger partial charge on any atom is 0.414 e. The SMILES string of the molecule is C[C@@H]1[C@@H]([Si](C)(C)O)[C@H](CC(=O)N2Cc3ccccc3C[C@H]2CO)O[C@@]12C(=O)N(Cc1ccccc1)c1ccc(N3CCOC3=O)cc12. The average molecular weight is 656 g/mol. The van der Waals surface area contributed by atoms with Crippen molar-refractivity contribution in [3.8, 4) is 0 Å². The molecule has 2 saturated heterocycles. The summed E-state index contributed by atoms with van der Waals surface area (Å²) in [6, 6.07) is 22.8. The Balaban J connectivity index is 1.28. The van der Waals surface area contributed by atoms with Crippen molar-refractivity contribution in [1.29, 1.82) is 0 Å². The Labute approximate surface area is 275 Å². The minimum atomic E-state index is -3.04. The molecule has 246 valence electrons. The lowest BCUT2D eigenvalue weighted by Gasteiger charge is -2.37. The minimum Gasteiger partial charge on any atom is -0.447 e. The van der Waals surface area contributed by atoms with Crippen LogP contribution < -0.4 is 9.80 Å². The Hall–Kier alpha value is -4.03. The van der Waals surface area contributed by atoms with Crippen molar-refractivity contribution in [3.63, 3.8) is 0 Å². The van der Waals surface area contributed by atoms with Gasteiger partial charge in [-0.25, -0.2) is 4.79 Å². The van der Waals surface area contributed by atoms with Crippen LogP contribution in [0.3, 0.4) is 0 Å². The number of nitrogens with zero attached hydrogens (tertiary/aromatic N) is 3. The number of carbonyl (C=O) groups excluding carboxylic acids is 3. The Morgan fingerprint density at radius 1 is 1.02 bits per heavy atom. The zero-order valence-electron chi connectivity index (χ0n) is 27.0. The first kappa shape index (κ1) is 31.6. The van der Waals surface area contributed by atoms with Gasteiger partial charge in [-0.3, -0.25) is 14.5 Å². The molecule has 4 aliphatic heterocycles. The standard InChI is InChI=1S/C36H41N3O7Si/c1-23-33(47(2,3)44)31(19-32(41)38-21-26-12-8-7-11-25(26)17-28(38)22-40)46-36(23)29-18-27(37-15-16-45-35(37)43)13-14-30(29)39(34(36)42)20-24-9-5-4-6-10-24/h4-14,18,23,28,31,33,40,44H,15-17,19-22H2,1-3H3/t23-,28+,31+,33-,36+/m1/s1. The van der Waals surface area contributed by atoms with Gasteiger partial charge in [-0.2, -0.15) is 0 Å². The first-order valence-electron chi connectivity index (χ1n) is 16.3. The van der Waals surface area contributed by atoms with E-state index in [1.165, 1.54) is 0 Å². The Morgan fingerprint density at radius 3 is 2.43 bits per heavy atom. The molecule has 3 amide bonds. The number of benzene rings is 3. The van der Waals surface area contributed by atoms with Gasteiger partial charge in [-0.15, -0.1) is 0 Å². The van der Waals surface area contributed by atoms with E-state index in [1.54, 1.807) is 14.7 Å². The second-order valence-corrected chi connectivity index (χ2v) is 17.7. The molecule has 10 nitrogen and oxygen atoms in total. The number of hydrogen-bond donors (Lipinski definition) is 2. The van der Waals surface area contributed by atoms with Crippen molar-refractivity contribution >= 4 is 37.6 Å². The first-order chi connectivity index (χ1) is 22.5. The lowest BCUT2D eigenvalue weighted by atomic mass is 9.82. The van der Waals surface area contributed by atoms with E-state index in [1.807, 2.05) is 92.8 Å². The second kappa shape index (κ2) is 11.9. The van der Waals surface area contributed by atoms with Crippen molar-refractivity contribution in [2.75, 3.05) is 29.6 Å². The van der Waals surface area contributed by atoms with Crippen LogP contribution in [0.4, 0.5) is 16.2 Å². The van der Waals surface area contributed by atoms with Gasteiger partial charge in [0.25, 0.3) is 5.91 Å². The van der Waals surface area contributed by atoms with Gasteiger partial charge in [-0.05, 0) is 54.4 Å². The van der Waals surface area contributed by atoms with Crippen molar-refractivity contribution in [3.05, 3.63) is 95.1 Å². The number of rotatable bonds is 7. The number of aliphatic hydroxyl groups is 1. The van der Waals surface area contributed by atoms with E-state index in [9.17, 15) is 24.3 Å². The van der Waals surface area contributed by atoms with E-state index < -0.39 is 37.6 Å². The van der Waals surface area contributed by atoms with Crippen LogP contribution in [0.15, 0.2) is 72.8 Å². The zero-order valence-corrected chi connectivity index (χ0v) is 28.0. The van der Waals surface area contributed by atoms with Crippen LogP contribution >= 0.6 is 0 Å². The van der Waals surface area contributed by atoms with Gasteiger partial charge < -0.3 is 29.2 Å². The highest BCUT2D eigenvalue weighted by Gasteiger charge is 2.66. The van der Waals surface area contributed by atoms with Crippen LogP contribution in [0.25, 0.3) is 0 Å². The number of fused-ring (bicyclic) bond motifs is 3. The highest BCUT2D eigenvalue weighted by molar-refractivity contribution is 6.71. The summed E-state index contributed by atoms with van der Waals surface area (Å²) >= 11 is 0. The molecule has 0 aromatic heterocycles. The molecule has 3 aromatic carbocycles. The summed E-state index contributed by atoms with van der Waals surface area (Å²) in [6.45, 7) is 6.80. The largest absolute Gasteiger partial charge is 0.447 e. The van der Waals surface area contributed by atoms with Crippen molar-refractivity contribution < 1.29 is 33.8 Å². The van der Waals surface area contributed by atoms with Crippen LogP contribution in [0.2, 0.25) is 18.6 Å². The van der Waals surface area contributed by atoms with Gasteiger partial charge in [0.2, 0.25) is 5.91 Å². The summed E-state index contributed by atoms with van der Waals surface area (Å²) < 4.78 is 12.2. The molecule has 0 radical (unpaired) electrons. The van der Waals surface area contributed by atoms with Crippen molar-refractivity contribution in [2.45, 2.75) is 69.2 Å². The molecule has 4 heterocycles. The molecule has 0 aliphatic carbocycles. The number of amides is 3. The summed E-state index contributed by atoms with van der Waals surface area (Å²) in [5.41, 5.74) is 3.08. The normalized spacial score (nSPS) is 27.0. The monoisotopic (exact) mass is 655 g/mol. The number of ether oxygens (including phenoxy) is 2. The number of carbonyl (C=O) groups is 3. The number of aliphatic hydroxyl groups excluding tert-OH is 1. The summed E-state index contributed by atoms with van der Waals surface area (Å²) in [4.78, 5) is 58.3. The highest BCUT2D eigenvalue weighted by Crippen LogP contribution is 2.60. The molecule has 11 heteroatoms. The molecule has 2 fully saturated rings. The second-order valence-electron chi connectivity index (χ2n) is 13.7. The Kier molecular flexibility index (Phi) is 7.98. The molecule has 0 unspecified atom stereocenters. The van der Waals surface area contributed by atoms with E-state index >= 15 is 0 Å². The quantitative estimate of drug-likeness (QED) is 0.364. The van der Waals surface area contributed by atoms with Gasteiger partial charge in [0.1, 0.15) is 6.61 Å². The summed E-state index contributed by atoms with van der Waals surface area (Å²) in [5, 5.41) is 10.3. The van der Waals surface area contributed by atoms with Gasteiger partial charge in [-0.1, -0.05) is 61.5 Å². The van der Waals surface area contributed by atoms with Crippen LogP contribution in [-0.2, 0) is 44.2 Å². The molecule has 1 spiro atoms. The fourth-order valence-corrected chi connectivity index (χ4v) is 10.9.